The third kappa shape index (κ3) is 3.91. The van der Waals surface area contributed by atoms with E-state index < -0.39 is 37.3 Å². The fraction of sp³-hybridized carbons (Fsp3) is 0.857. The van der Waals surface area contributed by atoms with Crippen molar-refractivity contribution in [3.05, 3.63) is 0 Å². The quantitative estimate of drug-likeness (QED) is 0.742. The molecule has 1 aliphatic carbocycles. The number of hydrogen-bond donors (Lipinski definition) is 0. The van der Waals surface area contributed by atoms with Gasteiger partial charge in [-0.25, -0.2) is 4.79 Å². The molecule has 0 N–H and O–H groups in total. The maximum absolute atomic E-state index is 12.2. The first-order valence-electron chi connectivity index (χ1n) is 7.37. The van der Waals surface area contributed by atoms with Gasteiger partial charge in [0.15, 0.2) is 0 Å². The van der Waals surface area contributed by atoms with Crippen molar-refractivity contribution in [2.75, 3.05) is 20.3 Å². The molecule has 1 aliphatic heterocycles. The molecule has 22 heavy (non-hydrogen) atoms. The first-order valence-corrected chi connectivity index (χ1v) is 7.37. The minimum Gasteiger partial charge on any atom is -0.467 e. The van der Waals surface area contributed by atoms with Crippen molar-refractivity contribution in [1.29, 1.82) is 0 Å². The van der Waals surface area contributed by atoms with Gasteiger partial charge >= 0.3 is 12.1 Å². The van der Waals surface area contributed by atoms with Gasteiger partial charge in [-0.2, -0.15) is 13.2 Å². The fourth-order valence-electron chi connectivity index (χ4n) is 3.49. The number of esters is 1. The third-order valence-electron chi connectivity index (χ3n) is 4.34. The van der Waals surface area contributed by atoms with Crippen molar-refractivity contribution in [1.82, 2.24) is 4.90 Å². The number of rotatable bonds is 4. The van der Waals surface area contributed by atoms with E-state index in [1.54, 1.807) is 0 Å². The molecule has 1 amide bonds. The highest BCUT2D eigenvalue weighted by Crippen LogP contribution is 2.40. The van der Waals surface area contributed by atoms with Crippen LogP contribution in [0.4, 0.5) is 13.2 Å². The molecule has 2 rings (SSSR count). The Bertz CT molecular complexity index is 427. The van der Waals surface area contributed by atoms with E-state index in [0.29, 0.717) is 6.42 Å². The highest BCUT2D eigenvalue weighted by Gasteiger charge is 2.47. The lowest BCUT2D eigenvalue weighted by Crippen LogP contribution is -2.48. The molecule has 8 heteroatoms. The minimum absolute atomic E-state index is 0.0974. The second-order valence-corrected chi connectivity index (χ2v) is 5.80. The van der Waals surface area contributed by atoms with Gasteiger partial charge in [-0.15, -0.1) is 0 Å². The van der Waals surface area contributed by atoms with Gasteiger partial charge in [0.1, 0.15) is 19.3 Å². The van der Waals surface area contributed by atoms with Crippen LogP contribution in [0.5, 0.6) is 0 Å². The molecule has 3 atom stereocenters. The smallest absolute Gasteiger partial charge is 0.411 e. The van der Waals surface area contributed by atoms with Gasteiger partial charge < -0.3 is 14.4 Å². The topological polar surface area (TPSA) is 55.8 Å². The second-order valence-electron chi connectivity index (χ2n) is 5.80. The molecule has 2 aliphatic rings. The Morgan fingerprint density at radius 2 is 1.91 bits per heavy atom. The zero-order valence-electron chi connectivity index (χ0n) is 12.4. The van der Waals surface area contributed by atoms with Crippen LogP contribution in [-0.2, 0) is 19.1 Å². The molecule has 126 valence electrons. The van der Waals surface area contributed by atoms with Crippen LogP contribution in [-0.4, -0.2) is 55.4 Å². The molecule has 0 spiro atoms. The summed E-state index contributed by atoms with van der Waals surface area (Å²) in [5, 5.41) is 0. The molecule has 5 nitrogen and oxygen atoms in total. The summed E-state index contributed by atoms with van der Waals surface area (Å²) in [6.07, 6.45) is -0.277. The standard InChI is InChI=1S/C14H20F3NO4/c1-21-13(20)11-6-9-4-2-3-5-10(9)18(11)12(19)7-22-8-14(15,16)17/h9-11H,2-8H2,1H3/t9-,10-,11+/m1/s1. The van der Waals surface area contributed by atoms with E-state index in [-0.39, 0.29) is 12.0 Å². The summed E-state index contributed by atoms with van der Waals surface area (Å²) >= 11 is 0. The van der Waals surface area contributed by atoms with Gasteiger partial charge in [-0.3, -0.25) is 4.79 Å². The summed E-state index contributed by atoms with van der Waals surface area (Å²) in [4.78, 5) is 25.5. The fourth-order valence-corrected chi connectivity index (χ4v) is 3.49. The number of fused-ring (bicyclic) bond motifs is 1. The Balaban J connectivity index is 2.02. The predicted octanol–water partition coefficient (Wildman–Crippen LogP) is 1.90. The zero-order chi connectivity index (χ0) is 16.3. The summed E-state index contributed by atoms with van der Waals surface area (Å²) in [6, 6.07) is -0.806. The first-order chi connectivity index (χ1) is 10.3. The molecule has 1 saturated heterocycles. The van der Waals surface area contributed by atoms with Crippen LogP contribution in [0.15, 0.2) is 0 Å². The second kappa shape index (κ2) is 6.85. The van der Waals surface area contributed by atoms with Crippen LogP contribution < -0.4 is 0 Å². The molecule has 2 fully saturated rings. The van der Waals surface area contributed by atoms with E-state index in [2.05, 4.69) is 4.74 Å². The summed E-state index contributed by atoms with van der Waals surface area (Å²) in [5.74, 6) is -0.878. The highest BCUT2D eigenvalue weighted by atomic mass is 19.4. The SMILES string of the molecule is COC(=O)[C@@H]1C[C@H]2CCCC[C@H]2N1C(=O)COCC(F)(F)F. The molecule has 0 aromatic rings. The highest BCUT2D eigenvalue weighted by molar-refractivity contribution is 5.86. The van der Waals surface area contributed by atoms with Crippen LogP contribution in [0.1, 0.15) is 32.1 Å². The molecule has 0 aromatic heterocycles. The number of alkyl halides is 3. The van der Waals surface area contributed by atoms with E-state index in [9.17, 15) is 22.8 Å². The first kappa shape index (κ1) is 17.1. The van der Waals surface area contributed by atoms with Crippen LogP contribution in [0.2, 0.25) is 0 Å². The molecule has 0 unspecified atom stereocenters. The van der Waals surface area contributed by atoms with Crippen LogP contribution >= 0.6 is 0 Å². The zero-order valence-corrected chi connectivity index (χ0v) is 12.4. The lowest BCUT2D eigenvalue weighted by molar-refractivity contribution is -0.179. The van der Waals surface area contributed by atoms with Crippen molar-refractivity contribution in [2.24, 2.45) is 5.92 Å². The van der Waals surface area contributed by atoms with E-state index in [1.165, 1.54) is 12.0 Å². The number of likely N-dealkylation sites (tertiary alicyclic amines) is 1. The van der Waals surface area contributed by atoms with E-state index in [4.69, 9.17) is 4.74 Å². The van der Waals surface area contributed by atoms with Crippen molar-refractivity contribution >= 4 is 11.9 Å². The molecule has 0 radical (unpaired) electrons. The number of methoxy groups -OCH3 is 1. The number of hydrogen-bond acceptors (Lipinski definition) is 4. The van der Waals surface area contributed by atoms with Crippen molar-refractivity contribution < 1.29 is 32.2 Å². The monoisotopic (exact) mass is 323 g/mol. The maximum atomic E-state index is 12.2. The summed E-state index contributed by atoms with van der Waals surface area (Å²) in [5.41, 5.74) is 0. The van der Waals surface area contributed by atoms with Crippen LogP contribution in [0.25, 0.3) is 0 Å². The van der Waals surface area contributed by atoms with Gasteiger partial charge in [0.2, 0.25) is 5.91 Å². The molecule has 0 aromatic carbocycles. The number of ether oxygens (including phenoxy) is 2. The minimum atomic E-state index is -4.47. The van der Waals surface area contributed by atoms with Crippen LogP contribution in [0, 0.1) is 5.92 Å². The Labute approximate surface area is 126 Å². The molecule has 1 heterocycles. The Hall–Kier alpha value is -1.31. The van der Waals surface area contributed by atoms with Gasteiger partial charge in [0.25, 0.3) is 0 Å². The maximum Gasteiger partial charge on any atom is 0.411 e. The van der Waals surface area contributed by atoms with Crippen LogP contribution in [0.3, 0.4) is 0 Å². The number of carbonyl (C=O) groups excluding carboxylic acids is 2. The average molecular weight is 323 g/mol. The van der Waals surface area contributed by atoms with E-state index >= 15 is 0 Å². The van der Waals surface area contributed by atoms with E-state index in [0.717, 1.165) is 25.7 Å². The van der Waals surface area contributed by atoms with Gasteiger partial charge in [-0.05, 0) is 25.2 Å². The normalized spacial score (nSPS) is 28.4. The van der Waals surface area contributed by atoms with Crippen molar-refractivity contribution in [2.45, 2.75) is 50.4 Å². The average Bonchev–Trinajstić information content (AvgIpc) is 2.84. The summed E-state index contributed by atoms with van der Waals surface area (Å²) in [6.45, 7) is -2.14. The summed E-state index contributed by atoms with van der Waals surface area (Å²) in [7, 11) is 1.24. The van der Waals surface area contributed by atoms with Gasteiger partial charge in [-0.1, -0.05) is 12.8 Å². The number of nitrogens with zero attached hydrogens (tertiary/aromatic N) is 1. The predicted molar refractivity (Wildman–Crippen MR) is 69.9 cm³/mol. The molecular weight excluding hydrogens is 303 g/mol. The lowest BCUT2D eigenvalue weighted by Gasteiger charge is -2.33. The Morgan fingerprint density at radius 3 is 2.55 bits per heavy atom. The Kier molecular flexibility index (Phi) is 5.31. The Morgan fingerprint density at radius 1 is 1.23 bits per heavy atom. The third-order valence-corrected chi connectivity index (χ3v) is 4.34. The lowest BCUT2D eigenvalue weighted by atomic mass is 9.85. The molecule has 0 bridgehead atoms. The number of amides is 1. The molecule has 1 saturated carbocycles. The van der Waals surface area contributed by atoms with Crippen molar-refractivity contribution in [3.63, 3.8) is 0 Å². The van der Waals surface area contributed by atoms with Crippen molar-refractivity contribution in [3.8, 4) is 0 Å². The molecular formula is C14H20F3NO4. The number of halogens is 3. The van der Waals surface area contributed by atoms with Gasteiger partial charge in [0.05, 0.1) is 7.11 Å². The largest absolute Gasteiger partial charge is 0.467 e. The summed E-state index contributed by atoms with van der Waals surface area (Å²) < 4.78 is 45.4. The number of carbonyl (C=O) groups is 2. The van der Waals surface area contributed by atoms with Gasteiger partial charge in [0, 0.05) is 6.04 Å². The van der Waals surface area contributed by atoms with E-state index in [1.807, 2.05) is 0 Å².